The molecule has 4 atom stereocenters. The molecule has 3 fully saturated rings. The monoisotopic (exact) mass is 176 g/mol. The Balaban J connectivity index is 1.79. The minimum atomic E-state index is 0.600. The first-order valence-corrected chi connectivity index (χ1v) is 5.70. The Labute approximate surface area is 79.2 Å². The van der Waals surface area contributed by atoms with Gasteiger partial charge in [0.15, 0.2) is 0 Å². The maximum atomic E-state index is 5.70. The first-order chi connectivity index (χ1) is 6.34. The molecule has 0 bridgehead atoms. The van der Waals surface area contributed by atoms with Crippen molar-refractivity contribution in [1.82, 2.24) is 0 Å². The molecule has 1 saturated heterocycles. The lowest BCUT2D eigenvalue weighted by atomic mass is 9.44. The molecule has 0 spiro atoms. The van der Waals surface area contributed by atoms with Crippen LogP contribution in [-0.2, 0) is 4.74 Å². The molecule has 4 aliphatic rings. The lowest BCUT2D eigenvalue weighted by Crippen LogP contribution is -2.52. The van der Waals surface area contributed by atoms with E-state index >= 15 is 0 Å². The number of epoxide rings is 1. The summed E-state index contributed by atoms with van der Waals surface area (Å²) >= 11 is 0. The molecule has 1 nitrogen and oxygen atoms in total. The number of hydrogen-bond acceptors (Lipinski definition) is 1. The summed E-state index contributed by atoms with van der Waals surface area (Å²) in [6.45, 7) is 0. The van der Waals surface area contributed by atoms with Gasteiger partial charge in [0.1, 0.15) is 0 Å². The molecule has 1 heteroatoms. The molecular weight excluding hydrogens is 160 g/mol. The summed E-state index contributed by atoms with van der Waals surface area (Å²) in [7, 11) is 0. The molecule has 0 radical (unpaired) electrons. The molecule has 0 aromatic carbocycles. The minimum Gasteiger partial charge on any atom is -0.370 e. The third kappa shape index (κ3) is 0.665. The Bertz CT molecular complexity index is 267. The molecule has 0 aromatic heterocycles. The number of hydrogen-bond donors (Lipinski definition) is 0. The van der Waals surface area contributed by atoms with Gasteiger partial charge in [-0.25, -0.2) is 0 Å². The maximum Gasteiger partial charge on any atom is 0.0850 e. The van der Waals surface area contributed by atoms with Gasteiger partial charge in [0.25, 0.3) is 0 Å². The molecular formula is C12H16O. The van der Waals surface area contributed by atoms with Crippen LogP contribution in [-0.4, -0.2) is 12.2 Å². The maximum absolute atomic E-state index is 5.70. The van der Waals surface area contributed by atoms with E-state index in [-0.39, 0.29) is 0 Å². The zero-order chi connectivity index (χ0) is 8.52. The highest BCUT2D eigenvalue weighted by molar-refractivity contribution is 5.32. The SMILES string of the molecule is C1=C[C@@]23CCCC[C@]12C[C@@H]1O[C@H]1C3. The topological polar surface area (TPSA) is 12.5 Å². The highest BCUT2D eigenvalue weighted by atomic mass is 16.6. The lowest BCUT2D eigenvalue weighted by molar-refractivity contribution is 0.00835. The van der Waals surface area contributed by atoms with Gasteiger partial charge in [0.05, 0.1) is 12.2 Å². The third-order valence-electron chi connectivity index (χ3n) is 5.03. The zero-order valence-electron chi connectivity index (χ0n) is 7.96. The van der Waals surface area contributed by atoms with Crippen LogP contribution >= 0.6 is 0 Å². The minimum absolute atomic E-state index is 0.600. The summed E-state index contributed by atoms with van der Waals surface area (Å²) in [5.74, 6) is 0. The normalized spacial score (nSPS) is 61.5. The van der Waals surface area contributed by atoms with Crippen molar-refractivity contribution in [1.29, 1.82) is 0 Å². The van der Waals surface area contributed by atoms with Gasteiger partial charge in [0, 0.05) is 0 Å². The Morgan fingerprint density at radius 2 is 1.46 bits per heavy atom. The van der Waals surface area contributed by atoms with Gasteiger partial charge in [-0.15, -0.1) is 0 Å². The van der Waals surface area contributed by atoms with Crippen LogP contribution in [0.3, 0.4) is 0 Å². The largest absolute Gasteiger partial charge is 0.370 e. The predicted octanol–water partition coefficient (Wildman–Crippen LogP) is 2.66. The second-order valence-electron chi connectivity index (χ2n) is 5.47. The molecule has 0 amide bonds. The van der Waals surface area contributed by atoms with Crippen LogP contribution < -0.4 is 0 Å². The number of rotatable bonds is 0. The zero-order valence-corrected chi connectivity index (χ0v) is 7.96. The van der Waals surface area contributed by atoms with Crippen LogP contribution in [0.25, 0.3) is 0 Å². The Morgan fingerprint density at radius 1 is 0.923 bits per heavy atom. The average Bonchev–Trinajstić information content (AvgIpc) is 2.84. The molecule has 3 aliphatic carbocycles. The van der Waals surface area contributed by atoms with Crippen molar-refractivity contribution in [3.05, 3.63) is 12.2 Å². The van der Waals surface area contributed by atoms with E-state index in [9.17, 15) is 0 Å². The Kier molecular flexibility index (Phi) is 1.02. The smallest absolute Gasteiger partial charge is 0.0850 e. The van der Waals surface area contributed by atoms with Gasteiger partial charge in [-0.1, -0.05) is 25.0 Å². The van der Waals surface area contributed by atoms with Crippen LogP contribution in [0, 0.1) is 10.8 Å². The Hall–Kier alpha value is -0.300. The molecule has 0 N–H and O–H groups in total. The van der Waals surface area contributed by atoms with E-state index in [0.29, 0.717) is 23.0 Å². The van der Waals surface area contributed by atoms with Gasteiger partial charge in [0.2, 0.25) is 0 Å². The van der Waals surface area contributed by atoms with Crippen LogP contribution in [0.5, 0.6) is 0 Å². The number of fused-ring (bicyclic) bond motifs is 1. The highest BCUT2D eigenvalue weighted by Crippen LogP contribution is 2.69. The van der Waals surface area contributed by atoms with Crippen molar-refractivity contribution in [3.8, 4) is 0 Å². The van der Waals surface area contributed by atoms with E-state index in [1.165, 1.54) is 38.5 Å². The third-order valence-corrected chi connectivity index (χ3v) is 5.03. The molecule has 70 valence electrons. The van der Waals surface area contributed by atoms with Crippen LogP contribution in [0.1, 0.15) is 38.5 Å². The highest BCUT2D eigenvalue weighted by Gasteiger charge is 2.64. The van der Waals surface area contributed by atoms with E-state index in [4.69, 9.17) is 4.74 Å². The molecule has 4 rings (SSSR count). The summed E-state index contributed by atoms with van der Waals surface area (Å²) in [5, 5.41) is 0. The first-order valence-electron chi connectivity index (χ1n) is 5.70. The van der Waals surface area contributed by atoms with E-state index in [1.807, 2.05) is 0 Å². The Morgan fingerprint density at radius 3 is 1.92 bits per heavy atom. The molecule has 1 aliphatic heterocycles. The van der Waals surface area contributed by atoms with E-state index in [1.54, 1.807) is 0 Å². The van der Waals surface area contributed by atoms with Crippen molar-refractivity contribution in [2.45, 2.75) is 50.7 Å². The fourth-order valence-electron chi connectivity index (χ4n) is 4.10. The quantitative estimate of drug-likeness (QED) is 0.408. The lowest BCUT2D eigenvalue weighted by Gasteiger charge is -2.59. The van der Waals surface area contributed by atoms with Gasteiger partial charge >= 0.3 is 0 Å². The molecule has 1 heterocycles. The molecule has 2 saturated carbocycles. The molecule has 13 heavy (non-hydrogen) atoms. The predicted molar refractivity (Wildman–Crippen MR) is 50.4 cm³/mol. The van der Waals surface area contributed by atoms with Crippen LogP contribution in [0.2, 0.25) is 0 Å². The summed E-state index contributed by atoms with van der Waals surface area (Å²) in [6, 6.07) is 0. The van der Waals surface area contributed by atoms with Crippen LogP contribution in [0.4, 0.5) is 0 Å². The van der Waals surface area contributed by atoms with Crippen molar-refractivity contribution >= 4 is 0 Å². The first kappa shape index (κ1) is 7.05. The van der Waals surface area contributed by atoms with Crippen molar-refractivity contribution in [3.63, 3.8) is 0 Å². The average molecular weight is 176 g/mol. The second kappa shape index (κ2) is 1.88. The molecule has 0 unspecified atom stereocenters. The fraction of sp³-hybridized carbons (Fsp3) is 0.833. The summed E-state index contributed by atoms with van der Waals surface area (Å²) in [4.78, 5) is 0. The van der Waals surface area contributed by atoms with Crippen molar-refractivity contribution in [2.75, 3.05) is 0 Å². The van der Waals surface area contributed by atoms with Gasteiger partial charge < -0.3 is 4.74 Å². The molecule has 0 aromatic rings. The standard InChI is InChI=1S/C12H16O/c1-2-4-12-6-5-11(12,3-1)7-9-10(8-12)13-9/h5-6,9-10H,1-4,7-8H2/t9-,10-,11+,12+/m0/s1. The number of allylic oxidation sites excluding steroid dienone is 2. The van der Waals surface area contributed by atoms with Gasteiger partial charge in [-0.2, -0.15) is 0 Å². The van der Waals surface area contributed by atoms with Gasteiger partial charge in [-0.3, -0.25) is 0 Å². The van der Waals surface area contributed by atoms with E-state index in [0.717, 1.165) is 0 Å². The van der Waals surface area contributed by atoms with E-state index in [2.05, 4.69) is 12.2 Å². The van der Waals surface area contributed by atoms with E-state index < -0.39 is 0 Å². The fourth-order valence-corrected chi connectivity index (χ4v) is 4.10. The van der Waals surface area contributed by atoms with Crippen molar-refractivity contribution in [2.24, 2.45) is 10.8 Å². The van der Waals surface area contributed by atoms with Crippen molar-refractivity contribution < 1.29 is 4.74 Å². The van der Waals surface area contributed by atoms with Crippen LogP contribution in [0.15, 0.2) is 12.2 Å². The summed E-state index contributed by atoms with van der Waals surface area (Å²) in [6.07, 6.45) is 14.8. The summed E-state index contributed by atoms with van der Waals surface area (Å²) < 4.78 is 5.70. The van der Waals surface area contributed by atoms with Gasteiger partial charge in [-0.05, 0) is 36.5 Å². The number of ether oxygens (including phenoxy) is 1. The summed E-state index contributed by atoms with van der Waals surface area (Å²) in [5.41, 5.74) is 1.20. The second-order valence-corrected chi connectivity index (χ2v) is 5.47.